The minimum Gasteiger partial charge on any atom is -0.297 e. The van der Waals surface area contributed by atoms with E-state index in [4.69, 9.17) is 5.84 Å². The van der Waals surface area contributed by atoms with Gasteiger partial charge >= 0.3 is 0 Å². The van der Waals surface area contributed by atoms with Crippen LogP contribution in [0.2, 0.25) is 0 Å². The zero-order valence-electron chi connectivity index (χ0n) is 8.50. The molecule has 2 saturated heterocycles. The summed E-state index contributed by atoms with van der Waals surface area (Å²) >= 11 is 0. The molecular formula is C10H21N3. The average Bonchev–Trinajstić information content (AvgIpc) is 2.39. The number of hydrogen-bond donors (Lipinski definition) is 2. The van der Waals surface area contributed by atoms with Crippen LogP contribution in [0, 0.1) is 0 Å². The fourth-order valence-corrected chi connectivity index (χ4v) is 3.03. The lowest BCUT2D eigenvalue weighted by Gasteiger charge is -2.38. The molecule has 2 bridgehead atoms. The van der Waals surface area contributed by atoms with Crippen molar-refractivity contribution < 1.29 is 0 Å². The van der Waals surface area contributed by atoms with Crippen LogP contribution in [0.25, 0.3) is 0 Å². The number of fused-ring (bicyclic) bond motifs is 2. The Morgan fingerprint density at radius 2 is 1.92 bits per heavy atom. The summed E-state index contributed by atoms with van der Waals surface area (Å²) in [6.07, 6.45) is 6.58. The number of rotatable bonds is 3. The Kier molecular flexibility index (Phi) is 2.86. The molecule has 0 amide bonds. The van der Waals surface area contributed by atoms with Gasteiger partial charge in [-0.05, 0) is 38.6 Å². The lowest BCUT2D eigenvalue weighted by molar-refractivity contribution is 0.117. The van der Waals surface area contributed by atoms with Crippen molar-refractivity contribution >= 4 is 0 Å². The normalized spacial score (nSPS) is 39.7. The maximum absolute atomic E-state index is 5.51. The van der Waals surface area contributed by atoms with E-state index < -0.39 is 0 Å². The number of hydrazine groups is 1. The predicted molar refractivity (Wildman–Crippen MR) is 54.2 cm³/mol. The molecule has 2 aliphatic rings. The predicted octanol–water partition coefficient (Wildman–Crippen LogP) is 0.855. The summed E-state index contributed by atoms with van der Waals surface area (Å²) in [5, 5.41) is 0. The van der Waals surface area contributed by atoms with Gasteiger partial charge in [0, 0.05) is 18.1 Å². The van der Waals surface area contributed by atoms with Crippen LogP contribution in [0.15, 0.2) is 0 Å². The first-order valence-electron chi connectivity index (χ1n) is 5.57. The molecule has 0 saturated carbocycles. The standard InChI is InChI=1S/C10H21N3/c1-2-5-13-9-3-4-10(13)7-8(6-9)12-11/h8-10,12H,2-7,11H2,1H3/t9-,10-/m1/s1. The molecule has 0 aliphatic carbocycles. The van der Waals surface area contributed by atoms with Crippen LogP contribution in [0.5, 0.6) is 0 Å². The first kappa shape index (κ1) is 9.44. The van der Waals surface area contributed by atoms with Gasteiger partial charge in [-0.3, -0.25) is 16.2 Å². The van der Waals surface area contributed by atoms with Crippen molar-refractivity contribution in [3.8, 4) is 0 Å². The van der Waals surface area contributed by atoms with Crippen LogP contribution in [0.1, 0.15) is 39.0 Å². The molecule has 0 aromatic carbocycles. The second-order valence-electron chi connectivity index (χ2n) is 4.46. The van der Waals surface area contributed by atoms with Crippen molar-refractivity contribution in [2.45, 2.75) is 57.2 Å². The fraction of sp³-hybridized carbons (Fsp3) is 1.00. The summed E-state index contributed by atoms with van der Waals surface area (Å²) in [5.74, 6) is 5.51. The summed E-state index contributed by atoms with van der Waals surface area (Å²) in [4.78, 5) is 2.70. The van der Waals surface area contributed by atoms with Gasteiger partial charge in [-0.1, -0.05) is 6.92 Å². The van der Waals surface area contributed by atoms with Gasteiger partial charge in [-0.2, -0.15) is 0 Å². The van der Waals surface area contributed by atoms with Crippen LogP contribution < -0.4 is 11.3 Å². The quantitative estimate of drug-likeness (QED) is 0.503. The van der Waals surface area contributed by atoms with Crippen LogP contribution >= 0.6 is 0 Å². The summed E-state index contributed by atoms with van der Waals surface area (Å²) in [6.45, 7) is 3.55. The van der Waals surface area contributed by atoms with Gasteiger partial charge in [0.2, 0.25) is 0 Å². The minimum atomic E-state index is 0.575. The highest BCUT2D eigenvalue weighted by molar-refractivity contribution is 4.96. The Morgan fingerprint density at radius 3 is 2.38 bits per heavy atom. The molecule has 2 heterocycles. The smallest absolute Gasteiger partial charge is 0.0240 e. The molecular weight excluding hydrogens is 162 g/mol. The van der Waals surface area contributed by atoms with Crippen molar-refractivity contribution in [3.63, 3.8) is 0 Å². The molecule has 2 atom stereocenters. The van der Waals surface area contributed by atoms with E-state index in [1.54, 1.807) is 0 Å². The highest BCUT2D eigenvalue weighted by Crippen LogP contribution is 2.35. The van der Waals surface area contributed by atoms with Crippen molar-refractivity contribution in [2.75, 3.05) is 6.54 Å². The van der Waals surface area contributed by atoms with Crippen molar-refractivity contribution in [2.24, 2.45) is 5.84 Å². The van der Waals surface area contributed by atoms with Crippen molar-refractivity contribution in [1.82, 2.24) is 10.3 Å². The number of nitrogens with two attached hydrogens (primary N) is 1. The zero-order chi connectivity index (χ0) is 9.26. The third kappa shape index (κ3) is 1.73. The third-order valence-corrected chi connectivity index (χ3v) is 3.60. The Labute approximate surface area is 80.6 Å². The zero-order valence-corrected chi connectivity index (χ0v) is 8.50. The summed E-state index contributed by atoms with van der Waals surface area (Å²) in [6, 6.07) is 2.21. The van der Waals surface area contributed by atoms with E-state index in [-0.39, 0.29) is 0 Å². The Hall–Kier alpha value is -0.120. The lowest BCUT2D eigenvalue weighted by Crippen LogP contribution is -2.50. The highest BCUT2D eigenvalue weighted by atomic mass is 15.3. The van der Waals surface area contributed by atoms with Gasteiger partial charge in [-0.25, -0.2) is 0 Å². The Balaban J connectivity index is 1.96. The molecule has 0 aromatic rings. The first-order chi connectivity index (χ1) is 6.35. The molecule has 2 aliphatic heterocycles. The molecule has 3 heteroatoms. The maximum Gasteiger partial charge on any atom is 0.0240 e. The molecule has 0 aromatic heterocycles. The van der Waals surface area contributed by atoms with Crippen LogP contribution in [0.3, 0.4) is 0 Å². The van der Waals surface area contributed by atoms with E-state index in [0.717, 1.165) is 12.1 Å². The summed E-state index contributed by atoms with van der Waals surface area (Å²) in [5.41, 5.74) is 2.94. The lowest BCUT2D eigenvalue weighted by atomic mass is 9.98. The van der Waals surface area contributed by atoms with E-state index in [1.807, 2.05) is 0 Å². The monoisotopic (exact) mass is 183 g/mol. The van der Waals surface area contributed by atoms with Gasteiger partial charge in [-0.15, -0.1) is 0 Å². The second kappa shape index (κ2) is 3.95. The molecule has 0 unspecified atom stereocenters. The van der Waals surface area contributed by atoms with Crippen LogP contribution in [-0.2, 0) is 0 Å². The molecule has 2 rings (SSSR count). The fourth-order valence-electron chi connectivity index (χ4n) is 3.03. The second-order valence-corrected chi connectivity index (χ2v) is 4.46. The molecule has 0 radical (unpaired) electrons. The van der Waals surface area contributed by atoms with Crippen molar-refractivity contribution in [3.05, 3.63) is 0 Å². The van der Waals surface area contributed by atoms with E-state index in [9.17, 15) is 0 Å². The highest BCUT2D eigenvalue weighted by Gasteiger charge is 2.39. The van der Waals surface area contributed by atoms with Gasteiger partial charge in [0.05, 0.1) is 0 Å². The number of nitrogens with one attached hydrogen (secondary N) is 1. The molecule has 3 nitrogen and oxygen atoms in total. The number of nitrogens with zero attached hydrogens (tertiary/aromatic N) is 1. The molecule has 3 N–H and O–H groups in total. The van der Waals surface area contributed by atoms with E-state index in [0.29, 0.717) is 6.04 Å². The molecule has 0 spiro atoms. The molecule has 2 fully saturated rings. The Morgan fingerprint density at radius 1 is 1.31 bits per heavy atom. The molecule has 76 valence electrons. The van der Waals surface area contributed by atoms with Gasteiger partial charge in [0.15, 0.2) is 0 Å². The summed E-state index contributed by atoms with van der Waals surface area (Å²) in [7, 11) is 0. The van der Waals surface area contributed by atoms with Gasteiger partial charge in [0.25, 0.3) is 0 Å². The van der Waals surface area contributed by atoms with E-state index in [1.165, 1.54) is 38.6 Å². The number of piperidine rings is 1. The van der Waals surface area contributed by atoms with Gasteiger partial charge in [0.1, 0.15) is 0 Å². The third-order valence-electron chi connectivity index (χ3n) is 3.60. The van der Waals surface area contributed by atoms with Crippen LogP contribution in [0.4, 0.5) is 0 Å². The maximum atomic E-state index is 5.51. The van der Waals surface area contributed by atoms with E-state index in [2.05, 4.69) is 17.2 Å². The first-order valence-corrected chi connectivity index (χ1v) is 5.57. The van der Waals surface area contributed by atoms with E-state index >= 15 is 0 Å². The topological polar surface area (TPSA) is 41.3 Å². The average molecular weight is 183 g/mol. The Bertz CT molecular complexity index is 158. The SMILES string of the molecule is CCCN1[C@@H]2CC[C@@H]1CC(NN)C2. The van der Waals surface area contributed by atoms with Gasteiger partial charge < -0.3 is 0 Å². The van der Waals surface area contributed by atoms with Crippen molar-refractivity contribution in [1.29, 1.82) is 0 Å². The number of hydrogen-bond acceptors (Lipinski definition) is 3. The largest absolute Gasteiger partial charge is 0.297 e. The molecule has 13 heavy (non-hydrogen) atoms. The van der Waals surface area contributed by atoms with Crippen LogP contribution in [-0.4, -0.2) is 29.6 Å². The minimum absolute atomic E-state index is 0.575. The summed E-state index contributed by atoms with van der Waals surface area (Å²) < 4.78 is 0.